The molecule has 4 aromatic heterocycles. The first-order chi connectivity index (χ1) is 25.0. The fourth-order valence-corrected chi connectivity index (χ4v) is 6.83. The van der Waals surface area contributed by atoms with Gasteiger partial charge in [-0.05, 0) is 149 Å². The van der Waals surface area contributed by atoms with Crippen LogP contribution in [0.2, 0.25) is 0 Å². The summed E-state index contributed by atoms with van der Waals surface area (Å²) < 4.78 is 0. The van der Waals surface area contributed by atoms with Gasteiger partial charge in [0, 0.05) is 33.6 Å². The SMILES string of the molecule is CCC1(C)c2ccc([nH]2)C=Nc2cc(C)c(C)cc2N=Cc2ccc([nH]2)C(C)(CC)c2ccc([nH]2)C=Nc2cc(C)c(C)cc2N=Cc2ccc1[nH]2. The Labute approximate surface area is 306 Å². The number of hydrogen-bond donors (Lipinski definition) is 4. The second-order valence-corrected chi connectivity index (χ2v) is 14.6. The van der Waals surface area contributed by atoms with Crippen molar-refractivity contribution in [2.75, 3.05) is 0 Å². The van der Waals surface area contributed by atoms with Gasteiger partial charge in [0.15, 0.2) is 0 Å². The molecule has 5 heterocycles. The van der Waals surface area contributed by atoms with E-state index >= 15 is 0 Å². The van der Waals surface area contributed by atoms with E-state index in [9.17, 15) is 0 Å². The average molecular weight is 689 g/mol. The maximum absolute atomic E-state index is 4.95. The zero-order chi connectivity index (χ0) is 36.6. The van der Waals surface area contributed by atoms with Crippen LogP contribution in [0.1, 0.15) is 108 Å². The van der Waals surface area contributed by atoms with Crippen LogP contribution in [0.5, 0.6) is 0 Å². The van der Waals surface area contributed by atoms with Crippen molar-refractivity contribution in [3.63, 3.8) is 0 Å². The van der Waals surface area contributed by atoms with Crippen LogP contribution >= 0.6 is 0 Å². The molecule has 8 bridgehead atoms. The molecule has 0 atom stereocenters. The first-order valence-electron chi connectivity index (χ1n) is 18.2. The molecule has 264 valence electrons. The predicted molar refractivity (Wildman–Crippen MR) is 218 cm³/mol. The Hall–Kier alpha value is -5.76. The summed E-state index contributed by atoms with van der Waals surface area (Å²) in [6, 6.07) is 25.4. The maximum atomic E-state index is 4.95. The number of nitrogens with zero attached hydrogens (tertiary/aromatic N) is 4. The van der Waals surface area contributed by atoms with Crippen molar-refractivity contribution >= 4 is 47.6 Å². The lowest BCUT2D eigenvalue weighted by atomic mass is 9.81. The average Bonchev–Trinajstić information content (AvgIpc) is 3.98. The molecule has 0 radical (unpaired) electrons. The molecule has 0 aliphatic carbocycles. The third-order valence-corrected chi connectivity index (χ3v) is 11.2. The van der Waals surface area contributed by atoms with E-state index < -0.39 is 0 Å². The van der Waals surface area contributed by atoms with Gasteiger partial charge in [0.05, 0.1) is 70.4 Å². The van der Waals surface area contributed by atoms with Crippen molar-refractivity contribution in [2.24, 2.45) is 20.0 Å². The van der Waals surface area contributed by atoms with E-state index in [0.29, 0.717) is 0 Å². The highest BCUT2D eigenvalue weighted by Crippen LogP contribution is 2.37. The van der Waals surface area contributed by atoms with E-state index in [1.807, 2.05) is 24.9 Å². The van der Waals surface area contributed by atoms with Gasteiger partial charge in [-0.2, -0.15) is 0 Å². The van der Waals surface area contributed by atoms with Gasteiger partial charge in [0.25, 0.3) is 0 Å². The lowest BCUT2D eigenvalue weighted by Crippen LogP contribution is -2.23. The van der Waals surface area contributed by atoms with Gasteiger partial charge in [-0.25, -0.2) is 0 Å². The first kappa shape index (κ1) is 34.7. The van der Waals surface area contributed by atoms with Crippen LogP contribution in [0.25, 0.3) is 0 Å². The predicted octanol–water partition coefficient (Wildman–Crippen LogP) is 11.0. The molecular weight excluding hydrogens is 641 g/mol. The van der Waals surface area contributed by atoms with Crippen molar-refractivity contribution in [1.82, 2.24) is 19.9 Å². The molecule has 1 aliphatic heterocycles. The first-order valence-corrected chi connectivity index (χ1v) is 18.2. The molecule has 52 heavy (non-hydrogen) atoms. The van der Waals surface area contributed by atoms with E-state index in [1.165, 1.54) is 22.3 Å². The fraction of sp³-hybridized carbons (Fsp3) is 0.273. The smallest absolute Gasteiger partial charge is 0.0889 e. The van der Waals surface area contributed by atoms with Crippen molar-refractivity contribution in [1.29, 1.82) is 0 Å². The highest BCUT2D eigenvalue weighted by atomic mass is 14.9. The standard InChI is InChI=1S/C44H48N8/c1-9-43(7)39-15-11-31(49-39)23-45-35-19-27(3)29(5)21-37(35)47-25-33-13-17-41(51-33)44(8,10-2)42-18-14-34(52-42)26-48-38-22-30(6)28(4)20-36(38)46-24-32-12-16-40(43)50-32/h11-26,49-52H,9-10H2,1-8H3. The number of aliphatic imine (C=N–C) groups is 4. The number of fused-ring (bicyclic) bond motifs is 10. The molecule has 8 nitrogen and oxygen atoms in total. The third-order valence-electron chi connectivity index (χ3n) is 11.2. The minimum absolute atomic E-state index is 0.271. The second-order valence-electron chi connectivity index (χ2n) is 14.6. The molecule has 2 aromatic carbocycles. The number of aromatic nitrogens is 4. The Morgan fingerprint density at radius 2 is 0.635 bits per heavy atom. The minimum atomic E-state index is -0.271. The van der Waals surface area contributed by atoms with Crippen LogP contribution in [0.4, 0.5) is 22.7 Å². The van der Waals surface area contributed by atoms with Crippen LogP contribution in [0.3, 0.4) is 0 Å². The molecule has 8 heteroatoms. The van der Waals surface area contributed by atoms with E-state index in [4.69, 9.17) is 20.0 Å². The van der Waals surface area contributed by atoms with E-state index in [1.54, 1.807) is 0 Å². The number of rotatable bonds is 2. The lowest BCUT2D eigenvalue weighted by Gasteiger charge is -2.26. The quantitative estimate of drug-likeness (QED) is 0.139. The van der Waals surface area contributed by atoms with E-state index in [2.05, 4.69) is 148 Å². The second kappa shape index (κ2) is 13.8. The zero-order valence-electron chi connectivity index (χ0n) is 31.4. The summed E-state index contributed by atoms with van der Waals surface area (Å²) in [6.07, 6.45) is 9.37. The maximum Gasteiger partial charge on any atom is 0.0889 e. The van der Waals surface area contributed by atoms with Crippen molar-refractivity contribution < 1.29 is 0 Å². The van der Waals surface area contributed by atoms with Gasteiger partial charge in [0.2, 0.25) is 0 Å². The highest BCUT2D eigenvalue weighted by molar-refractivity contribution is 5.87. The fourth-order valence-electron chi connectivity index (χ4n) is 6.83. The molecule has 0 saturated heterocycles. The Morgan fingerprint density at radius 3 is 0.846 bits per heavy atom. The number of aryl methyl sites for hydroxylation is 4. The number of H-pyrrole nitrogens is 4. The van der Waals surface area contributed by atoms with Crippen molar-refractivity contribution in [3.05, 3.63) is 141 Å². The summed E-state index contributed by atoms with van der Waals surface area (Å²) in [7, 11) is 0. The number of benzene rings is 2. The number of nitrogens with one attached hydrogen (secondary N) is 4. The zero-order valence-corrected chi connectivity index (χ0v) is 31.4. The molecule has 0 amide bonds. The Balaban J connectivity index is 1.34. The van der Waals surface area contributed by atoms with Gasteiger partial charge >= 0.3 is 0 Å². The number of hydrogen-bond acceptors (Lipinski definition) is 4. The van der Waals surface area contributed by atoms with Crippen LogP contribution in [-0.2, 0) is 10.8 Å². The molecule has 0 unspecified atom stereocenters. The molecule has 6 aromatic rings. The van der Waals surface area contributed by atoms with E-state index in [-0.39, 0.29) is 10.8 Å². The largest absolute Gasteiger partial charge is 0.357 e. The monoisotopic (exact) mass is 688 g/mol. The summed E-state index contributed by atoms with van der Waals surface area (Å²) in [5.74, 6) is 0. The van der Waals surface area contributed by atoms with Crippen molar-refractivity contribution in [3.8, 4) is 0 Å². The molecule has 4 N–H and O–H groups in total. The van der Waals surface area contributed by atoms with Crippen LogP contribution < -0.4 is 0 Å². The summed E-state index contributed by atoms with van der Waals surface area (Å²) in [5, 5.41) is 0. The lowest BCUT2D eigenvalue weighted by molar-refractivity contribution is 0.521. The van der Waals surface area contributed by atoms with E-state index in [0.717, 1.165) is 81.1 Å². The molecular formula is C44H48N8. The molecule has 0 saturated carbocycles. The third kappa shape index (κ3) is 6.57. The Kier molecular flexibility index (Phi) is 9.17. The molecule has 0 fully saturated rings. The van der Waals surface area contributed by atoms with Crippen LogP contribution in [0.15, 0.2) is 92.8 Å². The van der Waals surface area contributed by atoms with Gasteiger partial charge < -0.3 is 19.9 Å². The van der Waals surface area contributed by atoms with Crippen LogP contribution in [0, 0.1) is 27.7 Å². The minimum Gasteiger partial charge on any atom is -0.357 e. The molecule has 1 aliphatic rings. The van der Waals surface area contributed by atoms with Gasteiger partial charge in [-0.1, -0.05) is 13.8 Å². The number of aromatic amines is 4. The summed E-state index contributed by atoms with van der Waals surface area (Å²) >= 11 is 0. The normalized spacial score (nSPS) is 18.8. The summed E-state index contributed by atoms with van der Waals surface area (Å²) in [5.41, 5.74) is 15.6. The summed E-state index contributed by atoms with van der Waals surface area (Å²) in [4.78, 5) is 34.4. The van der Waals surface area contributed by atoms with Gasteiger partial charge in [0.1, 0.15) is 0 Å². The molecule has 0 spiro atoms. The van der Waals surface area contributed by atoms with Crippen LogP contribution in [-0.4, -0.2) is 44.8 Å². The topological polar surface area (TPSA) is 113 Å². The Bertz CT molecular complexity index is 2040. The highest BCUT2D eigenvalue weighted by Gasteiger charge is 2.31. The van der Waals surface area contributed by atoms with Crippen molar-refractivity contribution in [2.45, 2.75) is 79.1 Å². The van der Waals surface area contributed by atoms with Gasteiger partial charge in [-0.3, -0.25) is 20.0 Å². The van der Waals surface area contributed by atoms with Gasteiger partial charge in [-0.15, -0.1) is 0 Å². The molecule has 7 rings (SSSR count). The summed E-state index contributed by atoms with van der Waals surface area (Å²) in [6.45, 7) is 17.4. The Morgan fingerprint density at radius 1 is 0.404 bits per heavy atom.